The van der Waals surface area contributed by atoms with Crippen molar-refractivity contribution in [3.63, 3.8) is 0 Å². The van der Waals surface area contributed by atoms with E-state index in [-0.39, 0.29) is 6.04 Å². The van der Waals surface area contributed by atoms with E-state index in [1.807, 2.05) is 12.4 Å². The Labute approximate surface area is 124 Å². The van der Waals surface area contributed by atoms with Crippen molar-refractivity contribution in [2.24, 2.45) is 0 Å². The summed E-state index contributed by atoms with van der Waals surface area (Å²) in [5.41, 5.74) is 3.49. The number of halogens is 1. The van der Waals surface area contributed by atoms with Crippen molar-refractivity contribution < 1.29 is 4.74 Å². The lowest BCUT2D eigenvalue weighted by Gasteiger charge is -2.16. The number of nitrogens with one attached hydrogen (secondary N) is 1. The Hall–Kier alpha value is -0.980. The third kappa shape index (κ3) is 2.66. The molecule has 1 aromatic carbocycles. The standard InChI is InChI=1S/C13H14BrN3OS/c1-15-11(12-7-19-17-16-12)6-9-5-10(14)4-8-2-3-18-13(8)9/h4-5,7,11,15H,2-3,6H2,1H3. The summed E-state index contributed by atoms with van der Waals surface area (Å²) >= 11 is 4.96. The first-order valence-electron chi connectivity index (χ1n) is 6.16. The summed E-state index contributed by atoms with van der Waals surface area (Å²) in [5.74, 6) is 1.05. The van der Waals surface area contributed by atoms with E-state index in [0.29, 0.717) is 0 Å². The molecule has 0 spiro atoms. The van der Waals surface area contributed by atoms with Crippen molar-refractivity contribution in [3.05, 3.63) is 38.8 Å². The topological polar surface area (TPSA) is 47.0 Å². The van der Waals surface area contributed by atoms with Gasteiger partial charge in [0, 0.05) is 16.3 Å². The van der Waals surface area contributed by atoms with Crippen LogP contribution in [0.3, 0.4) is 0 Å². The highest BCUT2D eigenvalue weighted by atomic mass is 79.9. The van der Waals surface area contributed by atoms with Gasteiger partial charge < -0.3 is 10.1 Å². The van der Waals surface area contributed by atoms with Crippen LogP contribution in [-0.2, 0) is 12.8 Å². The van der Waals surface area contributed by atoms with Gasteiger partial charge in [-0.2, -0.15) is 0 Å². The second kappa shape index (κ2) is 5.56. The van der Waals surface area contributed by atoms with Crippen LogP contribution >= 0.6 is 27.5 Å². The zero-order chi connectivity index (χ0) is 13.2. The smallest absolute Gasteiger partial charge is 0.125 e. The summed E-state index contributed by atoms with van der Waals surface area (Å²) < 4.78 is 10.8. The molecule has 0 saturated carbocycles. The normalized spacial score (nSPS) is 15.1. The molecule has 2 heterocycles. The Morgan fingerprint density at radius 2 is 2.42 bits per heavy atom. The number of benzene rings is 1. The molecule has 6 heteroatoms. The minimum atomic E-state index is 0.168. The Balaban J connectivity index is 1.90. The van der Waals surface area contributed by atoms with E-state index < -0.39 is 0 Å². The van der Waals surface area contributed by atoms with Crippen LogP contribution in [0.1, 0.15) is 22.9 Å². The minimum absolute atomic E-state index is 0.168. The van der Waals surface area contributed by atoms with Gasteiger partial charge in [0.25, 0.3) is 0 Å². The van der Waals surface area contributed by atoms with Gasteiger partial charge in [-0.1, -0.05) is 20.4 Å². The molecule has 0 aliphatic carbocycles. The summed E-state index contributed by atoms with van der Waals surface area (Å²) in [6.45, 7) is 0.779. The van der Waals surface area contributed by atoms with E-state index in [2.05, 4.69) is 43.0 Å². The van der Waals surface area contributed by atoms with Crippen LogP contribution in [0.15, 0.2) is 22.0 Å². The molecule has 2 aromatic rings. The van der Waals surface area contributed by atoms with E-state index in [1.165, 1.54) is 22.7 Å². The molecule has 1 aliphatic heterocycles. The van der Waals surface area contributed by atoms with Crippen molar-refractivity contribution >= 4 is 27.5 Å². The van der Waals surface area contributed by atoms with Gasteiger partial charge in [0.05, 0.1) is 18.3 Å². The van der Waals surface area contributed by atoms with E-state index in [1.54, 1.807) is 0 Å². The van der Waals surface area contributed by atoms with E-state index >= 15 is 0 Å². The summed E-state index contributed by atoms with van der Waals surface area (Å²) in [7, 11) is 1.95. The number of hydrogen-bond donors (Lipinski definition) is 1. The van der Waals surface area contributed by atoms with Crippen molar-refractivity contribution in [1.82, 2.24) is 14.9 Å². The van der Waals surface area contributed by atoms with Gasteiger partial charge in [0.1, 0.15) is 5.75 Å². The SMILES string of the molecule is CNC(Cc1cc(Br)cc2c1OCC2)c1csnn1. The van der Waals surface area contributed by atoms with Crippen LogP contribution in [0.25, 0.3) is 0 Å². The van der Waals surface area contributed by atoms with Crippen LogP contribution in [0, 0.1) is 0 Å². The van der Waals surface area contributed by atoms with Gasteiger partial charge in [-0.3, -0.25) is 0 Å². The molecule has 1 unspecified atom stereocenters. The highest BCUT2D eigenvalue weighted by Gasteiger charge is 2.21. The summed E-state index contributed by atoms with van der Waals surface area (Å²) in [6.07, 6.45) is 1.84. The maximum atomic E-state index is 5.77. The average Bonchev–Trinajstić information content (AvgIpc) is 3.05. The second-order valence-corrected chi connectivity index (χ2v) is 6.05. The van der Waals surface area contributed by atoms with Gasteiger partial charge in [-0.05, 0) is 48.3 Å². The van der Waals surface area contributed by atoms with Crippen molar-refractivity contribution in [1.29, 1.82) is 0 Å². The zero-order valence-corrected chi connectivity index (χ0v) is 12.9. The number of rotatable bonds is 4. The Kier molecular flexibility index (Phi) is 3.81. The Bertz CT molecular complexity index is 574. The Morgan fingerprint density at radius 3 is 3.16 bits per heavy atom. The molecule has 0 amide bonds. The van der Waals surface area contributed by atoms with Gasteiger partial charge in [-0.25, -0.2) is 0 Å². The molecule has 1 aliphatic rings. The van der Waals surface area contributed by atoms with Crippen LogP contribution in [-0.4, -0.2) is 23.2 Å². The van der Waals surface area contributed by atoms with Crippen LogP contribution in [0.2, 0.25) is 0 Å². The molecule has 4 nitrogen and oxygen atoms in total. The van der Waals surface area contributed by atoms with Gasteiger partial charge >= 0.3 is 0 Å². The molecule has 1 N–H and O–H groups in total. The minimum Gasteiger partial charge on any atom is -0.493 e. The maximum absolute atomic E-state index is 5.77. The number of aromatic nitrogens is 2. The monoisotopic (exact) mass is 339 g/mol. The fraction of sp³-hybridized carbons (Fsp3) is 0.385. The molecule has 0 saturated heterocycles. The first-order valence-corrected chi connectivity index (χ1v) is 7.79. The van der Waals surface area contributed by atoms with Crippen molar-refractivity contribution in [2.45, 2.75) is 18.9 Å². The predicted octanol–water partition coefficient (Wildman–Crippen LogP) is 2.74. The van der Waals surface area contributed by atoms with Gasteiger partial charge in [0.2, 0.25) is 0 Å². The van der Waals surface area contributed by atoms with Crippen molar-refractivity contribution in [3.8, 4) is 5.75 Å². The van der Waals surface area contributed by atoms with Crippen LogP contribution in [0.5, 0.6) is 5.75 Å². The molecular weight excluding hydrogens is 326 g/mol. The third-order valence-corrected chi connectivity index (χ3v) is 4.31. The molecule has 0 fully saturated rings. The van der Waals surface area contributed by atoms with Crippen molar-refractivity contribution in [2.75, 3.05) is 13.7 Å². The molecule has 3 rings (SSSR count). The number of likely N-dealkylation sites (N-methyl/N-ethyl adjacent to an activating group) is 1. The zero-order valence-electron chi connectivity index (χ0n) is 10.5. The third-order valence-electron chi connectivity index (χ3n) is 3.33. The largest absolute Gasteiger partial charge is 0.493 e. The molecule has 0 radical (unpaired) electrons. The number of nitrogens with zero attached hydrogens (tertiary/aromatic N) is 2. The molecule has 1 atom stereocenters. The van der Waals surface area contributed by atoms with E-state index in [4.69, 9.17) is 4.74 Å². The molecule has 0 bridgehead atoms. The Morgan fingerprint density at radius 1 is 1.53 bits per heavy atom. The van der Waals surface area contributed by atoms with Crippen LogP contribution in [0.4, 0.5) is 0 Å². The highest BCUT2D eigenvalue weighted by molar-refractivity contribution is 9.10. The van der Waals surface area contributed by atoms with Gasteiger partial charge in [-0.15, -0.1) is 5.10 Å². The fourth-order valence-electron chi connectivity index (χ4n) is 2.40. The lowest BCUT2D eigenvalue weighted by atomic mass is 10.0. The summed E-state index contributed by atoms with van der Waals surface area (Å²) in [5, 5.41) is 9.44. The lowest BCUT2D eigenvalue weighted by molar-refractivity contribution is 0.351. The fourth-order valence-corrected chi connectivity index (χ4v) is 3.46. The quantitative estimate of drug-likeness (QED) is 0.930. The first-order chi connectivity index (χ1) is 9.28. The number of hydrogen-bond acceptors (Lipinski definition) is 5. The number of fused-ring (bicyclic) bond motifs is 1. The molecule has 19 heavy (non-hydrogen) atoms. The molecular formula is C13H14BrN3OS. The van der Waals surface area contributed by atoms with Crippen LogP contribution < -0.4 is 10.1 Å². The predicted molar refractivity (Wildman–Crippen MR) is 78.8 cm³/mol. The highest BCUT2D eigenvalue weighted by Crippen LogP contribution is 2.35. The van der Waals surface area contributed by atoms with E-state index in [0.717, 1.165) is 35.4 Å². The first kappa shape index (κ1) is 13.0. The average molecular weight is 340 g/mol. The summed E-state index contributed by atoms with van der Waals surface area (Å²) in [4.78, 5) is 0. The van der Waals surface area contributed by atoms with E-state index in [9.17, 15) is 0 Å². The molecule has 1 aromatic heterocycles. The summed E-state index contributed by atoms with van der Waals surface area (Å²) in [6, 6.07) is 4.44. The number of ether oxygens (including phenoxy) is 1. The molecule has 100 valence electrons. The van der Waals surface area contributed by atoms with Gasteiger partial charge in [0.15, 0.2) is 0 Å². The second-order valence-electron chi connectivity index (χ2n) is 4.53. The lowest BCUT2D eigenvalue weighted by Crippen LogP contribution is -2.19. The maximum Gasteiger partial charge on any atom is 0.125 e.